The lowest BCUT2D eigenvalue weighted by Crippen LogP contribution is -2.29. The predicted octanol–water partition coefficient (Wildman–Crippen LogP) is 5.54. The molecule has 170 valence electrons. The number of carbonyl (C=O) groups excluding carboxylic acids is 2. The molecule has 2 aromatic carbocycles. The number of aryl methyl sites for hydroxylation is 1. The zero-order valence-electron chi connectivity index (χ0n) is 17.9. The lowest BCUT2D eigenvalue weighted by Gasteiger charge is -2.25. The summed E-state index contributed by atoms with van der Waals surface area (Å²) < 4.78 is 16.1. The first-order valence-corrected chi connectivity index (χ1v) is 10.6. The Labute approximate surface area is 199 Å². The van der Waals surface area contributed by atoms with Crippen molar-refractivity contribution in [3.8, 4) is 11.5 Å². The third kappa shape index (κ3) is 3.63. The predicted molar refractivity (Wildman–Crippen MR) is 124 cm³/mol. The van der Waals surface area contributed by atoms with Crippen LogP contribution in [0.2, 0.25) is 10.0 Å². The number of Topliss-reactive ketones (excluding diaryl/α,β-unsaturated/α-hetero) is 1. The van der Waals surface area contributed by atoms with Gasteiger partial charge in [-0.25, -0.2) is 0 Å². The molecule has 4 rings (SSSR count). The molecule has 1 aliphatic heterocycles. The SMILES string of the molecule is COc1c(Cl)cc(/C(O)=C2/C(=O)C(=O)N(c3ccccc3C)C2c2ccco2)c(OC)c1Cl. The molecule has 3 aromatic rings. The molecule has 1 unspecified atom stereocenters. The topological polar surface area (TPSA) is 89.2 Å². The number of para-hydroxylation sites is 1. The standard InChI is InChI=1S/C24H19Cl2NO6/c1-12-7-4-5-8-15(12)27-19(16-9-6-10-33-16)17(21(29)24(27)30)20(28)13-11-14(25)23(32-3)18(26)22(13)31-2/h4-11,19,28H,1-3H3/b20-17-. The Morgan fingerprint density at radius 3 is 2.36 bits per heavy atom. The first-order chi connectivity index (χ1) is 15.8. The second-order valence-corrected chi connectivity index (χ2v) is 8.04. The van der Waals surface area contributed by atoms with Crippen molar-refractivity contribution in [3.63, 3.8) is 0 Å². The Bertz CT molecular complexity index is 1280. The van der Waals surface area contributed by atoms with Crippen molar-refractivity contribution in [1.82, 2.24) is 0 Å². The van der Waals surface area contributed by atoms with Gasteiger partial charge in [0.1, 0.15) is 22.6 Å². The van der Waals surface area contributed by atoms with Crippen LogP contribution in [0.15, 0.2) is 58.7 Å². The van der Waals surface area contributed by atoms with Crippen molar-refractivity contribution in [2.75, 3.05) is 19.1 Å². The molecule has 1 aromatic heterocycles. The number of nitrogens with zero attached hydrogens (tertiary/aromatic N) is 1. The number of benzene rings is 2. The van der Waals surface area contributed by atoms with E-state index < -0.39 is 23.5 Å². The summed E-state index contributed by atoms with van der Waals surface area (Å²) in [4.78, 5) is 27.7. The highest BCUT2D eigenvalue weighted by atomic mass is 35.5. The molecule has 0 spiro atoms. The molecule has 1 amide bonds. The van der Waals surface area contributed by atoms with Crippen LogP contribution in [0.5, 0.6) is 11.5 Å². The summed E-state index contributed by atoms with van der Waals surface area (Å²) in [5.74, 6) is -1.72. The molecule has 0 radical (unpaired) electrons. The highest BCUT2D eigenvalue weighted by Crippen LogP contribution is 2.48. The molecular formula is C24H19Cl2NO6. The van der Waals surface area contributed by atoms with Crippen LogP contribution in [0.25, 0.3) is 5.76 Å². The van der Waals surface area contributed by atoms with Crippen LogP contribution in [0.4, 0.5) is 5.69 Å². The fraction of sp³-hybridized carbons (Fsp3) is 0.167. The number of hydrogen-bond acceptors (Lipinski definition) is 6. The van der Waals surface area contributed by atoms with Crippen LogP contribution in [0, 0.1) is 6.92 Å². The summed E-state index contributed by atoms with van der Waals surface area (Å²) >= 11 is 12.6. The number of aliphatic hydroxyl groups excluding tert-OH is 1. The van der Waals surface area contributed by atoms with Gasteiger partial charge in [0.25, 0.3) is 11.7 Å². The van der Waals surface area contributed by atoms with E-state index in [9.17, 15) is 14.7 Å². The minimum absolute atomic E-state index is 0.0109. The fourth-order valence-corrected chi connectivity index (χ4v) is 4.61. The zero-order chi connectivity index (χ0) is 23.9. The smallest absolute Gasteiger partial charge is 0.300 e. The molecule has 9 heteroatoms. The highest BCUT2D eigenvalue weighted by Gasteiger charge is 2.49. The van der Waals surface area contributed by atoms with Gasteiger partial charge in [-0.15, -0.1) is 0 Å². The number of ether oxygens (including phenoxy) is 2. The lowest BCUT2D eigenvalue weighted by atomic mass is 9.98. The number of furan rings is 1. The van der Waals surface area contributed by atoms with Gasteiger partial charge in [0.15, 0.2) is 11.5 Å². The van der Waals surface area contributed by atoms with Gasteiger partial charge in [0, 0.05) is 5.69 Å². The van der Waals surface area contributed by atoms with Gasteiger partial charge in [0.05, 0.1) is 36.6 Å². The molecule has 1 saturated heterocycles. The van der Waals surface area contributed by atoms with E-state index in [1.165, 1.54) is 31.4 Å². The molecule has 2 heterocycles. The minimum atomic E-state index is -1.02. The van der Waals surface area contributed by atoms with Gasteiger partial charge < -0.3 is 19.0 Å². The molecule has 7 nitrogen and oxygen atoms in total. The number of ketones is 1. The number of amides is 1. The average molecular weight is 488 g/mol. The number of methoxy groups -OCH3 is 2. The molecular weight excluding hydrogens is 469 g/mol. The maximum absolute atomic E-state index is 13.2. The van der Waals surface area contributed by atoms with Crippen molar-refractivity contribution in [3.05, 3.63) is 81.2 Å². The molecule has 0 saturated carbocycles. The summed E-state index contributed by atoms with van der Waals surface area (Å²) in [6.45, 7) is 1.82. The average Bonchev–Trinajstić information content (AvgIpc) is 3.41. The van der Waals surface area contributed by atoms with Gasteiger partial charge in [-0.1, -0.05) is 41.4 Å². The van der Waals surface area contributed by atoms with Crippen molar-refractivity contribution >= 4 is 46.3 Å². The van der Waals surface area contributed by atoms with Gasteiger partial charge in [-0.3, -0.25) is 14.5 Å². The van der Waals surface area contributed by atoms with Gasteiger partial charge in [-0.2, -0.15) is 0 Å². The highest BCUT2D eigenvalue weighted by molar-refractivity contribution is 6.52. The summed E-state index contributed by atoms with van der Waals surface area (Å²) in [5.41, 5.74) is 1.13. The van der Waals surface area contributed by atoms with Crippen LogP contribution in [0.3, 0.4) is 0 Å². The molecule has 33 heavy (non-hydrogen) atoms. The Balaban J connectivity index is 2.01. The maximum atomic E-state index is 13.2. The quantitative estimate of drug-likeness (QED) is 0.288. The van der Waals surface area contributed by atoms with Gasteiger partial charge >= 0.3 is 0 Å². The van der Waals surface area contributed by atoms with E-state index in [0.717, 1.165) is 5.56 Å². The van der Waals surface area contributed by atoms with Crippen molar-refractivity contribution in [2.45, 2.75) is 13.0 Å². The van der Waals surface area contributed by atoms with Crippen LogP contribution < -0.4 is 14.4 Å². The van der Waals surface area contributed by atoms with Crippen LogP contribution in [-0.2, 0) is 9.59 Å². The third-order valence-electron chi connectivity index (χ3n) is 5.43. The summed E-state index contributed by atoms with van der Waals surface area (Å²) in [5, 5.41) is 11.4. The van der Waals surface area contributed by atoms with Gasteiger partial charge in [0.2, 0.25) is 0 Å². The van der Waals surface area contributed by atoms with E-state index in [-0.39, 0.29) is 32.7 Å². The molecule has 1 fully saturated rings. The van der Waals surface area contributed by atoms with Gasteiger partial charge in [-0.05, 0) is 36.8 Å². The van der Waals surface area contributed by atoms with E-state index in [0.29, 0.717) is 11.4 Å². The Kier molecular flexibility index (Phi) is 6.10. The second-order valence-electron chi connectivity index (χ2n) is 7.26. The van der Waals surface area contributed by atoms with E-state index in [1.807, 2.05) is 19.1 Å². The number of rotatable bonds is 5. The molecule has 1 atom stereocenters. The van der Waals surface area contributed by atoms with Crippen LogP contribution in [0.1, 0.15) is 22.9 Å². The number of aliphatic hydroxyl groups is 1. The normalized spacial score (nSPS) is 17.5. The van der Waals surface area contributed by atoms with Crippen LogP contribution >= 0.6 is 23.2 Å². The van der Waals surface area contributed by atoms with Crippen LogP contribution in [-0.4, -0.2) is 31.0 Å². The first-order valence-electron chi connectivity index (χ1n) is 9.82. The van der Waals surface area contributed by atoms with E-state index in [2.05, 4.69) is 0 Å². The Hall–Kier alpha value is -3.42. The first kappa shape index (κ1) is 22.8. The van der Waals surface area contributed by atoms with Crippen molar-refractivity contribution in [2.24, 2.45) is 0 Å². The maximum Gasteiger partial charge on any atom is 0.300 e. The molecule has 0 bridgehead atoms. The summed E-state index contributed by atoms with van der Waals surface area (Å²) in [6.07, 6.45) is 1.43. The molecule has 0 aliphatic carbocycles. The van der Waals surface area contributed by atoms with E-state index in [1.54, 1.807) is 24.3 Å². The second kappa shape index (κ2) is 8.84. The number of carbonyl (C=O) groups is 2. The molecule has 1 aliphatic rings. The zero-order valence-corrected chi connectivity index (χ0v) is 19.4. The minimum Gasteiger partial charge on any atom is -0.507 e. The van der Waals surface area contributed by atoms with Crippen molar-refractivity contribution < 1.29 is 28.6 Å². The van der Waals surface area contributed by atoms with E-state index >= 15 is 0 Å². The Morgan fingerprint density at radius 2 is 1.76 bits per heavy atom. The summed E-state index contributed by atoms with van der Waals surface area (Å²) in [6, 6.07) is 10.7. The Morgan fingerprint density at radius 1 is 1.06 bits per heavy atom. The lowest BCUT2D eigenvalue weighted by molar-refractivity contribution is -0.132. The fourth-order valence-electron chi connectivity index (χ4n) is 3.92. The number of hydrogen-bond donors (Lipinski definition) is 1. The number of halogens is 2. The largest absolute Gasteiger partial charge is 0.507 e. The van der Waals surface area contributed by atoms with E-state index in [4.69, 9.17) is 37.1 Å². The monoisotopic (exact) mass is 487 g/mol. The third-order valence-corrected chi connectivity index (χ3v) is 6.05. The van der Waals surface area contributed by atoms with Crippen molar-refractivity contribution in [1.29, 1.82) is 0 Å². The summed E-state index contributed by atoms with van der Waals surface area (Å²) in [7, 11) is 2.73. The molecule has 1 N–H and O–H groups in total. The number of anilines is 1.